The lowest BCUT2D eigenvalue weighted by Gasteiger charge is -2.27. The van der Waals surface area contributed by atoms with E-state index in [1.807, 2.05) is 35.8 Å². The van der Waals surface area contributed by atoms with Gasteiger partial charge in [-0.05, 0) is 37.3 Å². The van der Waals surface area contributed by atoms with Crippen LogP contribution in [0.1, 0.15) is 15.9 Å². The van der Waals surface area contributed by atoms with Gasteiger partial charge in [-0.15, -0.1) is 10.2 Å². The normalized spacial score (nSPS) is 13.6. The molecule has 1 amide bonds. The Morgan fingerprint density at radius 2 is 1.88 bits per heavy atom. The highest BCUT2D eigenvalue weighted by atomic mass is 32.2. The number of thioether (sulfide) groups is 1. The first kappa shape index (κ1) is 22.8. The molecule has 0 bridgehead atoms. The Balaban J connectivity index is 1.50. The first-order chi connectivity index (χ1) is 16.0. The highest BCUT2D eigenvalue weighted by molar-refractivity contribution is 7.99. The van der Waals surface area contributed by atoms with Crippen molar-refractivity contribution in [3.05, 3.63) is 59.7 Å². The van der Waals surface area contributed by atoms with E-state index in [-0.39, 0.29) is 11.7 Å². The number of aryl methyl sites for hydroxylation is 1. The zero-order chi connectivity index (χ0) is 23.2. The van der Waals surface area contributed by atoms with Gasteiger partial charge in [0.2, 0.25) is 11.9 Å². The Morgan fingerprint density at radius 3 is 2.61 bits per heavy atom. The number of aromatic nitrogens is 3. The Morgan fingerprint density at radius 1 is 1.12 bits per heavy atom. The third-order valence-electron chi connectivity index (χ3n) is 5.10. The van der Waals surface area contributed by atoms with Gasteiger partial charge in [0, 0.05) is 18.8 Å². The fraction of sp³-hybridized carbons (Fsp3) is 0.304. The number of nitrogens with one attached hydrogen (secondary N) is 1. The van der Waals surface area contributed by atoms with Gasteiger partial charge in [-0.1, -0.05) is 35.5 Å². The summed E-state index contributed by atoms with van der Waals surface area (Å²) < 4.78 is 12.2. The number of ether oxygens (including phenoxy) is 2. The van der Waals surface area contributed by atoms with E-state index in [4.69, 9.17) is 9.47 Å². The van der Waals surface area contributed by atoms with E-state index in [0.717, 1.165) is 30.3 Å². The summed E-state index contributed by atoms with van der Waals surface area (Å²) in [5.74, 6) is 0.196. The first-order valence-corrected chi connectivity index (χ1v) is 11.5. The second-order valence-corrected chi connectivity index (χ2v) is 8.40. The van der Waals surface area contributed by atoms with Gasteiger partial charge in [0.1, 0.15) is 0 Å². The molecule has 0 spiro atoms. The summed E-state index contributed by atoms with van der Waals surface area (Å²) in [7, 11) is 1.32. The Kier molecular flexibility index (Phi) is 7.26. The van der Waals surface area contributed by atoms with Crippen molar-refractivity contribution in [1.29, 1.82) is 0 Å². The summed E-state index contributed by atoms with van der Waals surface area (Å²) >= 11 is 1.30. The molecule has 2 aromatic carbocycles. The summed E-state index contributed by atoms with van der Waals surface area (Å²) in [6.07, 6.45) is 0. The topological polar surface area (TPSA) is 98.6 Å². The molecule has 33 heavy (non-hydrogen) atoms. The molecule has 0 radical (unpaired) electrons. The van der Waals surface area contributed by atoms with Crippen LogP contribution < -0.4 is 10.2 Å². The van der Waals surface area contributed by atoms with Gasteiger partial charge < -0.3 is 19.7 Å². The Labute approximate surface area is 196 Å². The monoisotopic (exact) mass is 467 g/mol. The summed E-state index contributed by atoms with van der Waals surface area (Å²) in [6, 6.07) is 14.7. The lowest BCUT2D eigenvalue weighted by Crippen LogP contribution is -2.37. The third-order valence-corrected chi connectivity index (χ3v) is 6.03. The predicted octanol–water partition coefficient (Wildman–Crippen LogP) is 2.93. The maximum absolute atomic E-state index is 12.6. The molecule has 4 rings (SSSR count). The maximum atomic E-state index is 12.6. The van der Waals surface area contributed by atoms with E-state index in [1.165, 1.54) is 18.9 Å². The largest absolute Gasteiger partial charge is 0.465 e. The molecule has 0 unspecified atom stereocenters. The van der Waals surface area contributed by atoms with Crippen LogP contribution in [0.15, 0.2) is 53.7 Å². The summed E-state index contributed by atoms with van der Waals surface area (Å²) in [4.78, 5) is 26.5. The average Bonchev–Trinajstić information content (AvgIpc) is 3.27. The van der Waals surface area contributed by atoms with Gasteiger partial charge in [-0.2, -0.15) is 0 Å². The van der Waals surface area contributed by atoms with Crippen LogP contribution in [0, 0.1) is 6.92 Å². The first-order valence-electron chi connectivity index (χ1n) is 10.5. The highest BCUT2D eigenvalue weighted by Crippen LogP contribution is 2.27. The molecule has 2 heterocycles. The van der Waals surface area contributed by atoms with Crippen LogP contribution in [-0.2, 0) is 14.3 Å². The van der Waals surface area contributed by atoms with Crippen molar-refractivity contribution < 1.29 is 19.1 Å². The van der Waals surface area contributed by atoms with Crippen LogP contribution in [0.2, 0.25) is 0 Å². The van der Waals surface area contributed by atoms with Gasteiger partial charge in [0.15, 0.2) is 5.16 Å². The molecule has 172 valence electrons. The van der Waals surface area contributed by atoms with E-state index in [2.05, 4.69) is 20.4 Å². The minimum absolute atomic E-state index is 0.134. The van der Waals surface area contributed by atoms with Crippen molar-refractivity contribution in [2.45, 2.75) is 12.1 Å². The van der Waals surface area contributed by atoms with E-state index in [1.54, 1.807) is 24.3 Å². The number of morpholine rings is 1. The molecule has 1 fully saturated rings. The van der Waals surface area contributed by atoms with Crippen molar-refractivity contribution in [1.82, 2.24) is 14.8 Å². The molecule has 10 heteroatoms. The lowest BCUT2D eigenvalue weighted by molar-refractivity contribution is -0.113. The molecule has 1 aromatic heterocycles. The van der Waals surface area contributed by atoms with Crippen molar-refractivity contribution in [2.24, 2.45) is 0 Å². The van der Waals surface area contributed by atoms with Crippen LogP contribution in [0.25, 0.3) is 5.69 Å². The summed E-state index contributed by atoms with van der Waals surface area (Å²) in [6.45, 7) is 4.76. The third kappa shape index (κ3) is 5.52. The fourth-order valence-corrected chi connectivity index (χ4v) is 4.16. The molecule has 3 aromatic rings. The number of carbonyl (C=O) groups excluding carboxylic acids is 2. The second-order valence-electron chi connectivity index (χ2n) is 7.46. The van der Waals surface area contributed by atoms with Crippen molar-refractivity contribution in [3.8, 4) is 5.69 Å². The van der Waals surface area contributed by atoms with Crippen LogP contribution in [0.4, 0.5) is 11.6 Å². The number of nitrogens with zero attached hydrogens (tertiary/aromatic N) is 4. The number of anilines is 2. The molecular weight excluding hydrogens is 442 g/mol. The van der Waals surface area contributed by atoms with Crippen molar-refractivity contribution >= 4 is 35.3 Å². The molecule has 0 aliphatic carbocycles. The average molecular weight is 468 g/mol. The molecule has 0 atom stereocenters. The Hall–Kier alpha value is -3.37. The molecule has 1 N–H and O–H groups in total. The van der Waals surface area contributed by atoms with Gasteiger partial charge in [-0.25, -0.2) is 4.79 Å². The predicted molar refractivity (Wildman–Crippen MR) is 126 cm³/mol. The molecule has 1 aliphatic heterocycles. The molecule has 1 aliphatic rings. The summed E-state index contributed by atoms with van der Waals surface area (Å²) in [5, 5.41) is 12.2. The fourth-order valence-electron chi connectivity index (χ4n) is 3.41. The minimum atomic E-state index is -0.456. The molecule has 1 saturated heterocycles. The number of methoxy groups -OCH3 is 1. The standard InChI is InChI=1S/C23H25N5O4S/c1-16-6-8-19(9-7-16)28-22(27-10-12-32-13-11-27)25-26-23(28)33-15-20(29)24-18-5-3-4-17(14-18)21(30)31-2/h3-9,14H,10-13,15H2,1-2H3,(H,24,29). The smallest absolute Gasteiger partial charge is 0.337 e. The van der Waals surface area contributed by atoms with Crippen LogP contribution >= 0.6 is 11.8 Å². The van der Waals surface area contributed by atoms with E-state index < -0.39 is 5.97 Å². The molecule has 9 nitrogen and oxygen atoms in total. The number of esters is 1. The number of hydrogen-bond acceptors (Lipinski definition) is 8. The maximum Gasteiger partial charge on any atom is 0.337 e. The molecular formula is C23H25N5O4S. The Bertz CT molecular complexity index is 1130. The lowest BCUT2D eigenvalue weighted by atomic mass is 10.2. The number of rotatable bonds is 7. The van der Waals surface area contributed by atoms with Gasteiger partial charge in [0.25, 0.3) is 0 Å². The summed E-state index contributed by atoms with van der Waals surface area (Å²) in [5.41, 5.74) is 2.98. The quantitative estimate of drug-likeness (QED) is 0.418. The van der Waals surface area contributed by atoms with Crippen LogP contribution in [0.5, 0.6) is 0 Å². The van der Waals surface area contributed by atoms with Crippen molar-refractivity contribution in [2.75, 3.05) is 49.4 Å². The van der Waals surface area contributed by atoms with Crippen molar-refractivity contribution in [3.63, 3.8) is 0 Å². The molecule has 0 saturated carbocycles. The van der Waals surface area contributed by atoms with Crippen LogP contribution in [0.3, 0.4) is 0 Å². The van der Waals surface area contributed by atoms with Gasteiger partial charge >= 0.3 is 5.97 Å². The van der Waals surface area contributed by atoms with E-state index in [9.17, 15) is 9.59 Å². The zero-order valence-corrected chi connectivity index (χ0v) is 19.3. The van der Waals surface area contributed by atoms with E-state index in [0.29, 0.717) is 29.6 Å². The SMILES string of the molecule is COC(=O)c1cccc(NC(=O)CSc2nnc(N3CCOCC3)n2-c2ccc(C)cc2)c1. The highest BCUT2D eigenvalue weighted by Gasteiger charge is 2.22. The number of amides is 1. The van der Waals surface area contributed by atoms with Crippen LogP contribution in [-0.4, -0.2) is 65.8 Å². The minimum Gasteiger partial charge on any atom is -0.465 e. The van der Waals surface area contributed by atoms with Gasteiger partial charge in [-0.3, -0.25) is 9.36 Å². The van der Waals surface area contributed by atoms with Gasteiger partial charge in [0.05, 0.1) is 37.3 Å². The number of benzene rings is 2. The van der Waals surface area contributed by atoms with E-state index >= 15 is 0 Å². The zero-order valence-electron chi connectivity index (χ0n) is 18.5. The second kappa shape index (κ2) is 10.5. The number of carbonyl (C=O) groups is 2. The number of hydrogen-bond donors (Lipinski definition) is 1.